The Kier molecular flexibility index (Phi) is 5.42. The summed E-state index contributed by atoms with van der Waals surface area (Å²) >= 11 is 0. The molecule has 2 aromatic carbocycles. The molecular formula is C19H21N3O3. The molecule has 2 N–H and O–H groups in total. The smallest absolute Gasteiger partial charge is 0.274 e. The van der Waals surface area contributed by atoms with Crippen LogP contribution >= 0.6 is 0 Å². The monoisotopic (exact) mass is 339 g/mol. The van der Waals surface area contributed by atoms with Gasteiger partial charge in [0.25, 0.3) is 5.91 Å². The van der Waals surface area contributed by atoms with Crippen molar-refractivity contribution in [1.29, 1.82) is 0 Å². The molecule has 0 spiro atoms. The molecule has 3 aromatic rings. The predicted molar refractivity (Wildman–Crippen MR) is 95.2 cm³/mol. The molecular weight excluding hydrogens is 318 g/mol. The van der Waals surface area contributed by atoms with Gasteiger partial charge in [0.1, 0.15) is 0 Å². The second-order valence-electron chi connectivity index (χ2n) is 5.96. The third kappa shape index (κ3) is 4.23. The lowest BCUT2D eigenvalue weighted by molar-refractivity contribution is 0.0136. The van der Waals surface area contributed by atoms with Crippen LogP contribution in [0.5, 0.6) is 0 Å². The summed E-state index contributed by atoms with van der Waals surface area (Å²) in [5.41, 5.74) is 2.21. The number of aliphatic hydroxyl groups is 1. The van der Waals surface area contributed by atoms with Gasteiger partial charge in [0.2, 0.25) is 0 Å². The van der Waals surface area contributed by atoms with Gasteiger partial charge in [-0.3, -0.25) is 9.89 Å². The normalized spacial score (nSPS) is 12.2. The molecule has 1 unspecified atom stereocenters. The fraction of sp³-hybridized carbons (Fsp3) is 0.263. The lowest BCUT2D eigenvalue weighted by Gasteiger charge is -2.20. The first-order chi connectivity index (χ1) is 12.1. The summed E-state index contributed by atoms with van der Waals surface area (Å²) in [6.45, 7) is 0.766. The van der Waals surface area contributed by atoms with E-state index >= 15 is 0 Å². The first-order valence-electron chi connectivity index (χ1n) is 8.13. The van der Waals surface area contributed by atoms with Crippen LogP contribution in [0.3, 0.4) is 0 Å². The first kappa shape index (κ1) is 17.1. The number of aromatic amines is 1. The number of aliphatic hydroxyl groups excluding tert-OH is 1. The van der Waals surface area contributed by atoms with Gasteiger partial charge in [0, 0.05) is 19.0 Å². The maximum Gasteiger partial charge on any atom is 0.274 e. The lowest BCUT2D eigenvalue weighted by atomic mass is 10.2. The van der Waals surface area contributed by atoms with E-state index in [0.29, 0.717) is 12.3 Å². The summed E-state index contributed by atoms with van der Waals surface area (Å²) in [5.74, 6) is -0.237. The average molecular weight is 339 g/mol. The molecule has 3 rings (SSSR count). The van der Waals surface area contributed by atoms with Crippen LogP contribution in [0.25, 0.3) is 10.9 Å². The summed E-state index contributed by atoms with van der Waals surface area (Å²) < 4.78 is 5.51. The molecule has 0 fully saturated rings. The topological polar surface area (TPSA) is 78.5 Å². The van der Waals surface area contributed by atoms with Crippen molar-refractivity contribution < 1.29 is 14.6 Å². The first-order valence-corrected chi connectivity index (χ1v) is 8.13. The average Bonchev–Trinajstić information content (AvgIpc) is 3.06. The Balaban J connectivity index is 1.52. The fourth-order valence-corrected chi connectivity index (χ4v) is 2.65. The van der Waals surface area contributed by atoms with Crippen molar-refractivity contribution in [3.8, 4) is 0 Å². The number of fused-ring (bicyclic) bond motifs is 1. The highest BCUT2D eigenvalue weighted by molar-refractivity contribution is 6.04. The van der Waals surface area contributed by atoms with Crippen molar-refractivity contribution in [2.24, 2.45) is 0 Å². The highest BCUT2D eigenvalue weighted by Crippen LogP contribution is 2.16. The van der Waals surface area contributed by atoms with Crippen molar-refractivity contribution in [2.45, 2.75) is 12.7 Å². The van der Waals surface area contributed by atoms with Crippen LogP contribution in [0.1, 0.15) is 16.1 Å². The Labute approximate surface area is 146 Å². The van der Waals surface area contributed by atoms with E-state index in [4.69, 9.17) is 4.74 Å². The molecule has 0 saturated carbocycles. The van der Waals surface area contributed by atoms with Crippen LogP contribution in [0.4, 0.5) is 0 Å². The summed E-state index contributed by atoms with van der Waals surface area (Å²) in [5, 5.41) is 17.8. The number of nitrogens with one attached hydrogen (secondary N) is 1. The van der Waals surface area contributed by atoms with Gasteiger partial charge in [-0.25, -0.2) is 0 Å². The molecule has 1 amide bonds. The van der Waals surface area contributed by atoms with E-state index < -0.39 is 6.10 Å². The molecule has 0 bridgehead atoms. The summed E-state index contributed by atoms with van der Waals surface area (Å²) in [6.07, 6.45) is -0.761. The van der Waals surface area contributed by atoms with Crippen LogP contribution in [-0.4, -0.2) is 52.4 Å². The number of ether oxygens (including phenoxy) is 1. The van der Waals surface area contributed by atoms with Gasteiger partial charge in [-0.15, -0.1) is 0 Å². The van der Waals surface area contributed by atoms with Gasteiger partial charge in [-0.05, 0) is 11.6 Å². The van der Waals surface area contributed by atoms with Crippen LogP contribution in [0.15, 0.2) is 54.6 Å². The zero-order chi connectivity index (χ0) is 17.6. The number of benzene rings is 2. The molecule has 1 heterocycles. The number of likely N-dealkylation sites (N-methyl/N-ethyl adjacent to an activating group) is 1. The van der Waals surface area contributed by atoms with Crippen molar-refractivity contribution >= 4 is 16.8 Å². The maximum absolute atomic E-state index is 12.5. The van der Waals surface area contributed by atoms with Crippen molar-refractivity contribution in [3.05, 3.63) is 65.9 Å². The maximum atomic E-state index is 12.5. The second-order valence-corrected chi connectivity index (χ2v) is 5.96. The van der Waals surface area contributed by atoms with E-state index in [2.05, 4.69) is 10.2 Å². The Bertz CT molecular complexity index is 832. The van der Waals surface area contributed by atoms with Crippen LogP contribution in [-0.2, 0) is 11.3 Å². The van der Waals surface area contributed by atoms with Crippen molar-refractivity contribution in [3.63, 3.8) is 0 Å². The number of para-hydroxylation sites is 1. The van der Waals surface area contributed by atoms with Crippen molar-refractivity contribution in [2.75, 3.05) is 20.2 Å². The molecule has 25 heavy (non-hydrogen) atoms. The molecule has 0 radical (unpaired) electrons. The number of H-pyrrole nitrogens is 1. The van der Waals surface area contributed by atoms with E-state index in [1.54, 1.807) is 7.05 Å². The Morgan fingerprint density at radius 3 is 2.72 bits per heavy atom. The Hall–Kier alpha value is -2.70. The van der Waals surface area contributed by atoms with Gasteiger partial charge in [-0.2, -0.15) is 5.10 Å². The third-order valence-electron chi connectivity index (χ3n) is 3.93. The minimum atomic E-state index is -0.761. The molecule has 0 aliphatic heterocycles. The molecule has 130 valence electrons. The summed E-state index contributed by atoms with van der Waals surface area (Å²) in [4.78, 5) is 14.0. The van der Waals surface area contributed by atoms with Gasteiger partial charge in [0.15, 0.2) is 5.69 Å². The minimum Gasteiger partial charge on any atom is -0.389 e. The van der Waals surface area contributed by atoms with E-state index in [9.17, 15) is 9.90 Å². The lowest BCUT2D eigenvalue weighted by Crippen LogP contribution is -2.36. The number of nitrogens with zero attached hydrogens (tertiary/aromatic N) is 2. The minimum absolute atomic E-state index is 0.161. The largest absolute Gasteiger partial charge is 0.389 e. The molecule has 0 aliphatic carbocycles. The third-order valence-corrected chi connectivity index (χ3v) is 3.93. The number of carbonyl (C=O) groups excluding carboxylic acids is 1. The van der Waals surface area contributed by atoms with E-state index in [1.807, 2.05) is 54.6 Å². The number of hydrogen-bond acceptors (Lipinski definition) is 4. The number of rotatable bonds is 7. The molecule has 1 atom stereocenters. The number of carbonyl (C=O) groups is 1. The van der Waals surface area contributed by atoms with E-state index in [0.717, 1.165) is 16.5 Å². The molecule has 6 heteroatoms. The van der Waals surface area contributed by atoms with Crippen molar-refractivity contribution in [1.82, 2.24) is 15.1 Å². The standard InChI is InChI=1S/C19H21N3O3/c1-22(11-15(23)13-25-12-14-7-3-2-4-8-14)19(24)18-16-9-5-6-10-17(16)20-21-18/h2-10,15,23H,11-13H2,1H3,(H,20,21). The number of aromatic nitrogens is 2. The summed E-state index contributed by atoms with van der Waals surface area (Å²) in [6, 6.07) is 17.2. The van der Waals surface area contributed by atoms with Gasteiger partial charge >= 0.3 is 0 Å². The van der Waals surface area contributed by atoms with Gasteiger partial charge < -0.3 is 14.7 Å². The van der Waals surface area contributed by atoms with Crippen LogP contribution in [0, 0.1) is 0 Å². The zero-order valence-electron chi connectivity index (χ0n) is 14.1. The molecule has 0 saturated heterocycles. The van der Waals surface area contributed by atoms with E-state index in [-0.39, 0.29) is 19.1 Å². The highest BCUT2D eigenvalue weighted by atomic mass is 16.5. The number of amides is 1. The second kappa shape index (κ2) is 7.92. The predicted octanol–water partition coefficient (Wildman–Crippen LogP) is 2.21. The number of hydrogen-bond donors (Lipinski definition) is 2. The Morgan fingerprint density at radius 1 is 1.20 bits per heavy atom. The molecule has 0 aliphatic rings. The fourth-order valence-electron chi connectivity index (χ4n) is 2.65. The molecule has 6 nitrogen and oxygen atoms in total. The molecule has 1 aromatic heterocycles. The Morgan fingerprint density at radius 2 is 1.92 bits per heavy atom. The quantitative estimate of drug-likeness (QED) is 0.692. The SMILES string of the molecule is CN(CC(O)COCc1ccccc1)C(=O)c1n[nH]c2ccccc12. The zero-order valence-corrected chi connectivity index (χ0v) is 14.1. The summed E-state index contributed by atoms with van der Waals surface area (Å²) in [7, 11) is 1.65. The van der Waals surface area contributed by atoms with Crippen LogP contribution in [0.2, 0.25) is 0 Å². The van der Waals surface area contributed by atoms with Gasteiger partial charge in [-0.1, -0.05) is 48.5 Å². The highest BCUT2D eigenvalue weighted by Gasteiger charge is 2.20. The van der Waals surface area contributed by atoms with Gasteiger partial charge in [0.05, 0.1) is 24.8 Å². The van der Waals surface area contributed by atoms with E-state index in [1.165, 1.54) is 4.90 Å². The van der Waals surface area contributed by atoms with Crippen LogP contribution < -0.4 is 0 Å².